The molecule has 2 rings (SSSR count). The molecule has 1 saturated heterocycles. The van der Waals surface area contributed by atoms with Crippen molar-refractivity contribution >= 4 is 23.9 Å². The third-order valence-corrected chi connectivity index (χ3v) is 4.72. The normalized spacial score (nSPS) is 21.3. The van der Waals surface area contributed by atoms with Gasteiger partial charge in [0.15, 0.2) is 6.10 Å². The van der Waals surface area contributed by atoms with Gasteiger partial charge in [-0.05, 0) is 51.7 Å². The Kier molecular flexibility index (Phi) is 7.16. The molecule has 1 N–H and O–H groups in total. The molecule has 1 fully saturated rings. The number of ether oxygens (including phenoxy) is 1. The van der Waals surface area contributed by atoms with Crippen molar-refractivity contribution < 1.29 is 19.1 Å². The molecule has 1 aromatic carbocycles. The molecule has 6 heteroatoms. The first-order chi connectivity index (χ1) is 12.8. The summed E-state index contributed by atoms with van der Waals surface area (Å²) in [5.74, 6) is -1.32. The molecule has 0 bridgehead atoms. The van der Waals surface area contributed by atoms with Crippen LogP contribution in [0.3, 0.4) is 0 Å². The minimum atomic E-state index is -0.923. The third kappa shape index (κ3) is 5.67. The van der Waals surface area contributed by atoms with Gasteiger partial charge in [0.05, 0.1) is 0 Å². The number of piperidine rings is 1. The average Bonchev–Trinajstić information content (AvgIpc) is 2.61. The topological polar surface area (TPSA) is 75.7 Å². The highest BCUT2D eigenvalue weighted by Crippen LogP contribution is 2.24. The number of nitrogens with one attached hydrogen (secondary N) is 1. The van der Waals surface area contributed by atoms with Gasteiger partial charge in [0.25, 0.3) is 5.91 Å². The monoisotopic (exact) mass is 372 g/mol. The first kappa shape index (κ1) is 20.7. The zero-order chi connectivity index (χ0) is 20.0. The van der Waals surface area contributed by atoms with E-state index in [4.69, 9.17) is 4.74 Å². The fraction of sp³-hybridized carbons (Fsp3) is 0.476. The predicted molar refractivity (Wildman–Crippen MR) is 103 cm³/mol. The van der Waals surface area contributed by atoms with Gasteiger partial charge in [0.2, 0.25) is 5.91 Å². The van der Waals surface area contributed by atoms with E-state index in [-0.39, 0.29) is 29.6 Å². The number of hydrogen-bond acceptors (Lipinski definition) is 4. The van der Waals surface area contributed by atoms with Gasteiger partial charge >= 0.3 is 5.97 Å². The van der Waals surface area contributed by atoms with Crippen molar-refractivity contribution in [2.24, 2.45) is 0 Å². The number of amides is 2. The maximum Gasteiger partial charge on any atom is 0.355 e. The summed E-state index contributed by atoms with van der Waals surface area (Å²) in [4.78, 5) is 38.6. The zero-order valence-electron chi connectivity index (χ0n) is 16.4. The van der Waals surface area contributed by atoms with Crippen molar-refractivity contribution in [3.63, 3.8) is 0 Å². The Labute approximate surface area is 160 Å². The second kappa shape index (κ2) is 9.35. The van der Waals surface area contributed by atoms with E-state index in [2.05, 4.69) is 5.32 Å². The van der Waals surface area contributed by atoms with Crippen LogP contribution in [0.1, 0.15) is 52.5 Å². The Morgan fingerprint density at radius 3 is 2.30 bits per heavy atom. The van der Waals surface area contributed by atoms with Crippen LogP contribution < -0.4 is 5.32 Å². The van der Waals surface area contributed by atoms with Crippen molar-refractivity contribution in [3.8, 4) is 0 Å². The smallest absolute Gasteiger partial charge is 0.355 e. The maximum absolute atomic E-state index is 12.8. The van der Waals surface area contributed by atoms with Crippen molar-refractivity contribution in [1.29, 1.82) is 0 Å². The molecule has 1 aliphatic heterocycles. The summed E-state index contributed by atoms with van der Waals surface area (Å²) in [5.41, 5.74) is 0.753. The van der Waals surface area contributed by atoms with E-state index >= 15 is 0 Å². The minimum Gasteiger partial charge on any atom is -0.448 e. The number of nitrogens with zero attached hydrogens (tertiary/aromatic N) is 1. The summed E-state index contributed by atoms with van der Waals surface area (Å²) < 4.78 is 5.38. The molecule has 6 nitrogen and oxygen atoms in total. The molecule has 0 saturated carbocycles. The van der Waals surface area contributed by atoms with E-state index in [9.17, 15) is 14.4 Å². The van der Waals surface area contributed by atoms with Gasteiger partial charge in [0.1, 0.15) is 5.70 Å². The average molecular weight is 372 g/mol. The lowest BCUT2D eigenvalue weighted by molar-refractivity contribution is -0.159. The lowest BCUT2D eigenvalue weighted by Gasteiger charge is -2.40. The fourth-order valence-corrected chi connectivity index (χ4v) is 3.39. The van der Waals surface area contributed by atoms with Gasteiger partial charge in [0, 0.05) is 19.0 Å². The number of rotatable bonds is 5. The van der Waals surface area contributed by atoms with E-state index in [0.717, 1.165) is 24.8 Å². The van der Waals surface area contributed by atoms with Gasteiger partial charge in [-0.2, -0.15) is 0 Å². The molecule has 1 aromatic rings. The summed E-state index contributed by atoms with van der Waals surface area (Å²) in [7, 11) is 0. The Hall–Kier alpha value is -2.63. The van der Waals surface area contributed by atoms with Crippen molar-refractivity contribution in [3.05, 3.63) is 41.6 Å². The quantitative estimate of drug-likeness (QED) is 0.637. The van der Waals surface area contributed by atoms with Crippen LogP contribution in [-0.4, -0.2) is 40.9 Å². The van der Waals surface area contributed by atoms with E-state index in [0.29, 0.717) is 0 Å². The van der Waals surface area contributed by atoms with Gasteiger partial charge in [-0.3, -0.25) is 9.59 Å². The molecule has 146 valence electrons. The summed E-state index contributed by atoms with van der Waals surface area (Å²) in [6.07, 6.45) is 3.59. The molecule has 27 heavy (non-hydrogen) atoms. The van der Waals surface area contributed by atoms with Crippen LogP contribution in [0.4, 0.5) is 0 Å². The van der Waals surface area contributed by atoms with Gasteiger partial charge < -0.3 is 15.0 Å². The van der Waals surface area contributed by atoms with Gasteiger partial charge in [-0.15, -0.1) is 0 Å². The first-order valence-electron chi connectivity index (χ1n) is 9.37. The lowest BCUT2D eigenvalue weighted by Crippen LogP contribution is -2.51. The van der Waals surface area contributed by atoms with E-state index in [1.54, 1.807) is 24.0 Å². The van der Waals surface area contributed by atoms with E-state index in [1.165, 1.54) is 13.0 Å². The van der Waals surface area contributed by atoms with Crippen LogP contribution in [0.5, 0.6) is 0 Å². The Balaban J connectivity index is 2.12. The number of carbonyl (C=O) groups is 3. The molecular weight excluding hydrogens is 344 g/mol. The Morgan fingerprint density at radius 1 is 1.15 bits per heavy atom. The lowest BCUT2D eigenvalue weighted by atomic mass is 9.97. The standard InChI is InChI=1S/C21H28N2O4/c1-14-9-8-10-15(2)23(14)20(25)16(3)27-21(26)19(22-17(4)24)13-18-11-6-5-7-12-18/h5-7,11-16H,8-10H2,1-4H3,(H,22,24)/b19-13-/t14-,15-,16+/m0/s1. The minimum absolute atomic E-state index is 0.00749. The first-order valence-corrected chi connectivity index (χ1v) is 9.37. The molecule has 1 heterocycles. The Bertz CT molecular complexity index is 704. The second-order valence-electron chi connectivity index (χ2n) is 7.07. The highest BCUT2D eigenvalue weighted by Gasteiger charge is 2.33. The van der Waals surface area contributed by atoms with E-state index < -0.39 is 12.1 Å². The van der Waals surface area contributed by atoms with Crippen LogP contribution in [0, 0.1) is 0 Å². The molecule has 3 atom stereocenters. The number of hydrogen-bond donors (Lipinski definition) is 1. The highest BCUT2D eigenvalue weighted by atomic mass is 16.5. The predicted octanol–water partition coefficient (Wildman–Crippen LogP) is 2.88. The van der Waals surface area contributed by atoms with Crippen LogP contribution in [0.2, 0.25) is 0 Å². The molecule has 1 aliphatic rings. The molecule has 0 aliphatic carbocycles. The van der Waals surface area contributed by atoms with Crippen molar-refractivity contribution in [2.75, 3.05) is 0 Å². The highest BCUT2D eigenvalue weighted by molar-refractivity contribution is 5.98. The number of carbonyl (C=O) groups excluding carboxylic acids is 3. The summed E-state index contributed by atoms with van der Waals surface area (Å²) in [6, 6.07) is 9.37. The van der Waals surface area contributed by atoms with Crippen LogP contribution in [0.15, 0.2) is 36.0 Å². The van der Waals surface area contributed by atoms with Gasteiger partial charge in [-0.1, -0.05) is 30.3 Å². The molecule has 0 aromatic heterocycles. The number of likely N-dealkylation sites (tertiary alicyclic amines) is 1. The van der Waals surface area contributed by atoms with Crippen LogP contribution in [0.25, 0.3) is 6.08 Å². The molecule has 0 radical (unpaired) electrons. The van der Waals surface area contributed by atoms with E-state index in [1.807, 2.05) is 32.0 Å². The summed E-state index contributed by atoms with van der Waals surface area (Å²) >= 11 is 0. The fourth-order valence-electron chi connectivity index (χ4n) is 3.39. The third-order valence-electron chi connectivity index (χ3n) is 4.72. The summed E-state index contributed by atoms with van der Waals surface area (Å²) in [5, 5.41) is 2.49. The molecule has 0 spiro atoms. The van der Waals surface area contributed by atoms with Crippen LogP contribution >= 0.6 is 0 Å². The zero-order valence-corrected chi connectivity index (χ0v) is 16.4. The van der Waals surface area contributed by atoms with Gasteiger partial charge in [-0.25, -0.2) is 4.79 Å². The van der Waals surface area contributed by atoms with Crippen LogP contribution in [-0.2, 0) is 19.1 Å². The summed E-state index contributed by atoms with van der Waals surface area (Å²) in [6.45, 7) is 6.92. The SMILES string of the molecule is CC(=O)N/C(=C\c1ccccc1)C(=O)O[C@H](C)C(=O)N1[C@@H](C)CCC[C@@H]1C. The van der Waals surface area contributed by atoms with Crippen molar-refractivity contribution in [1.82, 2.24) is 10.2 Å². The molecular formula is C21H28N2O4. The number of benzene rings is 1. The molecule has 0 unspecified atom stereocenters. The largest absolute Gasteiger partial charge is 0.448 e. The second-order valence-corrected chi connectivity index (χ2v) is 7.07. The maximum atomic E-state index is 12.8. The van der Waals surface area contributed by atoms with Crippen molar-refractivity contribution in [2.45, 2.75) is 65.1 Å². The Morgan fingerprint density at radius 2 is 1.74 bits per heavy atom. The molecule has 2 amide bonds. The number of esters is 1.